The second-order valence-corrected chi connectivity index (χ2v) is 8.43. The summed E-state index contributed by atoms with van der Waals surface area (Å²) in [6.07, 6.45) is 0. The van der Waals surface area contributed by atoms with Crippen molar-refractivity contribution in [2.45, 2.75) is 31.7 Å². The number of nitrogens with zero attached hydrogens (tertiary/aromatic N) is 1. The molecule has 0 aromatic heterocycles. The van der Waals surface area contributed by atoms with Crippen LogP contribution < -0.4 is 5.32 Å². The Kier molecular flexibility index (Phi) is 6.02. The van der Waals surface area contributed by atoms with Gasteiger partial charge in [-0.05, 0) is 68.8 Å². The highest BCUT2D eigenvalue weighted by Gasteiger charge is 2.23. The molecular weight excluding hydrogens is 368 g/mol. The van der Waals surface area contributed by atoms with Crippen molar-refractivity contribution in [3.05, 3.63) is 59.2 Å². The molecule has 8 heteroatoms. The summed E-state index contributed by atoms with van der Waals surface area (Å²) in [7, 11) is -2.11. The van der Waals surface area contributed by atoms with E-state index in [2.05, 4.69) is 5.32 Å². The van der Waals surface area contributed by atoms with Gasteiger partial charge in [-0.3, -0.25) is 4.79 Å². The molecule has 2 aromatic carbocycles. The van der Waals surface area contributed by atoms with Gasteiger partial charge >= 0.3 is 5.97 Å². The van der Waals surface area contributed by atoms with E-state index >= 15 is 0 Å². The number of nitrogens with one attached hydrogen (secondary N) is 1. The molecule has 0 radical (unpaired) electrons. The van der Waals surface area contributed by atoms with Crippen LogP contribution in [0.3, 0.4) is 0 Å². The molecule has 27 heavy (non-hydrogen) atoms. The van der Waals surface area contributed by atoms with E-state index in [-0.39, 0.29) is 16.5 Å². The maximum atomic E-state index is 12.4. The zero-order valence-corrected chi connectivity index (χ0v) is 16.4. The average molecular weight is 390 g/mol. The van der Waals surface area contributed by atoms with Crippen LogP contribution in [-0.2, 0) is 10.0 Å². The highest BCUT2D eigenvalue weighted by Crippen LogP contribution is 2.19. The van der Waals surface area contributed by atoms with E-state index in [4.69, 9.17) is 5.11 Å². The number of carbonyl (C=O) groups excluding carboxylic acids is 1. The number of carboxylic acids is 1. The van der Waals surface area contributed by atoms with E-state index < -0.39 is 21.9 Å². The molecular formula is C19H22N2O5S. The Bertz CT molecular complexity index is 966. The summed E-state index contributed by atoms with van der Waals surface area (Å²) in [6, 6.07) is 9.97. The molecule has 0 spiro atoms. The molecule has 0 heterocycles. The topological polar surface area (TPSA) is 104 Å². The molecule has 7 nitrogen and oxygen atoms in total. The molecule has 2 rings (SSSR count). The number of rotatable bonds is 6. The van der Waals surface area contributed by atoms with Crippen LogP contribution in [0.25, 0.3) is 0 Å². The van der Waals surface area contributed by atoms with E-state index in [1.165, 1.54) is 47.8 Å². The van der Waals surface area contributed by atoms with E-state index in [0.717, 1.165) is 0 Å². The SMILES string of the molecule is Cc1cc(NC(=O)c2ccc(S(=O)(=O)N(C)C(C)C)cc2)ccc1C(=O)O. The normalized spacial score (nSPS) is 11.6. The van der Waals surface area contributed by atoms with Gasteiger partial charge in [-0.15, -0.1) is 0 Å². The van der Waals surface area contributed by atoms with E-state index in [9.17, 15) is 18.0 Å². The monoisotopic (exact) mass is 390 g/mol. The van der Waals surface area contributed by atoms with Gasteiger partial charge in [0, 0.05) is 24.3 Å². The summed E-state index contributed by atoms with van der Waals surface area (Å²) in [6.45, 7) is 5.19. The number of sulfonamides is 1. The maximum Gasteiger partial charge on any atom is 0.335 e. The molecule has 0 aliphatic heterocycles. The number of carboxylic acid groups (broad SMARTS) is 1. The Balaban J connectivity index is 2.19. The Morgan fingerprint density at radius 3 is 2.15 bits per heavy atom. The fraction of sp³-hybridized carbons (Fsp3) is 0.263. The Hall–Kier alpha value is -2.71. The van der Waals surface area contributed by atoms with Crippen molar-refractivity contribution in [2.75, 3.05) is 12.4 Å². The number of carbonyl (C=O) groups is 2. The fourth-order valence-electron chi connectivity index (χ4n) is 2.41. The number of amides is 1. The van der Waals surface area contributed by atoms with Crippen molar-refractivity contribution >= 4 is 27.6 Å². The molecule has 2 N–H and O–H groups in total. The molecule has 0 aliphatic carbocycles. The number of aryl methyl sites for hydroxylation is 1. The number of hydrogen-bond donors (Lipinski definition) is 2. The molecule has 0 unspecified atom stereocenters. The third-order valence-electron chi connectivity index (χ3n) is 4.24. The minimum Gasteiger partial charge on any atom is -0.478 e. The van der Waals surface area contributed by atoms with Crippen LogP contribution in [0.4, 0.5) is 5.69 Å². The van der Waals surface area contributed by atoms with Crippen molar-refractivity contribution in [2.24, 2.45) is 0 Å². The lowest BCUT2D eigenvalue weighted by atomic mass is 10.1. The quantitative estimate of drug-likeness (QED) is 0.789. The highest BCUT2D eigenvalue weighted by molar-refractivity contribution is 7.89. The van der Waals surface area contributed by atoms with Gasteiger partial charge in [-0.1, -0.05) is 0 Å². The maximum absolute atomic E-state index is 12.4. The minimum atomic E-state index is -3.61. The van der Waals surface area contributed by atoms with Crippen LogP contribution in [0.2, 0.25) is 0 Å². The Labute approximate surface area is 158 Å². The molecule has 0 saturated carbocycles. The number of benzene rings is 2. The standard InChI is InChI=1S/C19H22N2O5S/c1-12(2)21(4)27(25,26)16-8-5-14(6-9-16)18(22)20-15-7-10-17(19(23)24)13(3)11-15/h5-12H,1-4H3,(H,20,22)(H,23,24). The zero-order valence-electron chi connectivity index (χ0n) is 15.6. The third-order valence-corrected chi connectivity index (χ3v) is 6.28. The van der Waals surface area contributed by atoms with Crippen molar-refractivity contribution < 1.29 is 23.1 Å². The average Bonchev–Trinajstić information content (AvgIpc) is 2.60. The molecule has 0 aliphatic rings. The van der Waals surface area contributed by atoms with Crippen molar-refractivity contribution in [1.82, 2.24) is 4.31 Å². The van der Waals surface area contributed by atoms with Gasteiger partial charge in [-0.25, -0.2) is 13.2 Å². The molecule has 2 aromatic rings. The first-order valence-electron chi connectivity index (χ1n) is 8.27. The Morgan fingerprint density at radius 1 is 1.07 bits per heavy atom. The van der Waals surface area contributed by atoms with E-state index in [1.54, 1.807) is 26.8 Å². The summed E-state index contributed by atoms with van der Waals surface area (Å²) in [4.78, 5) is 23.5. The van der Waals surface area contributed by atoms with Crippen LogP contribution in [0.15, 0.2) is 47.4 Å². The number of anilines is 1. The van der Waals surface area contributed by atoms with Gasteiger partial charge in [0.15, 0.2) is 0 Å². The summed E-state index contributed by atoms with van der Waals surface area (Å²) in [5.41, 5.74) is 1.44. The van der Waals surface area contributed by atoms with Crippen LogP contribution in [-0.4, -0.2) is 42.8 Å². The van der Waals surface area contributed by atoms with Gasteiger partial charge < -0.3 is 10.4 Å². The van der Waals surface area contributed by atoms with Crippen LogP contribution in [0.5, 0.6) is 0 Å². The van der Waals surface area contributed by atoms with E-state index in [1.807, 2.05) is 0 Å². The van der Waals surface area contributed by atoms with Gasteiger partial charge in [0.1, 0.15) is 0 Å². The summed E-state index contributed by atoms with van der Waals surface area (Å²) in [5.74, 6) is -1.45. The van der Waals surface area contributed by atoms with E-state index in [0.29, 0.717) is 16.8 Å². The summed E-state index contributed by atoms with van der Waals surface area (Å²) >= 11 is 0. The second-order valence-electron chi connectivity index (χ2n) is 6.43. The second kappa shape index (κ2) is 7.89. The predicted molar refractivity (Wildman–Crippen MR) is 103 cm³/mol. The Morgan fingerprint density at radius 2 is 1.67 bits per heavy atom. The van der Waals surface area contributed by atoms with Crippen LogP contribution >= 0.6 is 0 Å². The first-order valence-corrected chi connectivity index (χ1v) is 9.71. The van der Waals surface area contributed by atoms with Crippen molar-refractivity contribution in [3.63, 3.8) is 0 Å². The zero-order chi connectivity index (χ0) is 20.4. The molecule has 0 saturated heterocycles. The number of hydrogen-bond acceptors (Lipinski definition) is 4. The smallest absolute Gasteiger partial charge is 0.335 e. The third kappa shape index (κ3) is 4.53. The van der Waals surface area contributed by atoms with Gasteiger partial charge in [0.2, 0.25) is 10.0 Å². The van der Waals surface area contributed by atoms with Gasteiger partial charge in [-0.2, -0.15) is 4.31 Å². The molecule has 0 fully saturated rings. The highest BCUT2D eigenvalue weighted by atomic mass is 32.2. The summed E-state index contributed by atoms with van der Waals surface area (Å²) < 4.78 is 26.2. The van der Waals surface area contributed by atoms with Crippen molar-refractivity contribution in [1.29, 1.82) is 0 Å². The first-order chi connectivity index (χ1) is 12.5. The fourth-order valence-corrected chi connectivity index (χ4v) is 3.77. The predicted octanol–water partition coefficient (Wildman–Crippen LogP) is 2.97. The summed E-state index contributed by atoms with van der Waals surface area (Å²) in [5, 5.41) is 11.7. The molecule has 144 valence electrons. The van der Waals surface area contributed by atoms with Crippen LogP contribution in [0.1, 0.15) is 40.1 Å². The molecule has 1 amide bonds. The lowest BCUT2D eigenvalue weighted by molar-refractivity contribution is 0.0696. The molecule has 0 bridgehead atoms. The van der Waals surface area contributed by atoms with Gasteiger partial charge in [0.05, 0.1) is 10.5 Å². The lowest BCUT2D eigenvalue weighted by Crippen LogP contribution is -2.33. The van der Waals surface area contributed by atoms with Gasteiger partial charge in [0.25, 0.3) is 5.91 Å². The lowest BCUT2D eigenvalue weighted by Gasteiger charge is -2.21. The molecule has 0 atom stereocenters. The first kappa shape index (κ1) is 20.6. The number of aromatic carboxylic acids is 1. The van der Waals surface area contributed by atoms with Crippen LogP contribution in [0, 0.1) is 6.92 Å². The van der Waals surface area contributed by atoms with Crippen molar-refractivity contribution in [3.8, 4) is 0 Å². The minimum absolute atomic E-state index is 0.108. The largest absolute Gasteiger partial charge is 0.478 e.